The third kappa shape index (κ3) is 10.1. The lowest BCUT2D eigenvalue weighted by Crippen LogP contribution is -2.43. The van der Waals surface area contributed by atoms with Gasteiger partial charge in [-0.15, -0.1) is 0 Å². The van der Waals surface area contributed by atoms with Gasteiger partial charge < -0.3 is 34.8 Å². The summed E-state index contributed by atoms with van der Waals surface area (Å²) in [5, 5.41) is 42.3. The normalized spacial score (nSPS) is 34.9. The zero-order valence-electron chi connectivity index (χ0n) is 24.5. The van der Waals surface area contributed by atoms with Gasteiger partial charge in [0.15, 0.2) is 0 Å². The fraction of sp³-hybridized carbons (Fsp3) is 0.733. The Bertz CT molecular complexity index is 924. The standard InChI is InChI=1S/C30H49NO8/c1-8-24(34)20(3)28-25(39-28)18-29(5,36)15-10-11-19(2)23-12-9-13-26(38-21(4)32)30(6,37)16-14-22(33)17-27(35)31(23)7/h9-11,13,15,20,22-26,28,33-34,36-37H,8,12,14,16-18H2,1-7H3/b13-9+,15-10+,19-11+. The van der Waals surface area contributed by atoms with Gasteiger partial charge in [-0.2, -0.15) is 0 Å². The zero-order valence-corrected chi connectivity index (χ0v) is 24.5. The number of nitrogens with zero attached hydrogens (tertiary/aromatic N) is 1. The molecule has 0 spiro atoms. The first kappa shape index (κ1) is 33.2. The Labute approximate surface area is 233 Å². The maximum Gasteiger partial charge on any atom is 0.303 e. The second-order valence-electron chi connectivity index (χ2n) is 11.8. The van der Waals surface area contributed by atoms with Crippen LogP contribution in [0, 0.1) is 5.92 Å². The van der Waals surface area contributed by atoms with E-state index in [1.807, 2.05) is 26.8 Å². The van der Waals surface area contributed by atoms with Gasteiger partial charge in [-0.3, -0.25) is 9.59 Å². The van der Waals surface area contributed by atoms with E-state index in [9.17, 15) is 30.0 Å². The first-order valence-electron chi connectivity index (χ1n) is 14.0. The molecule has 0 saturated carbocycles. The molecule has 2 aliphatic heterocycles. The number of rotatable bonds is 9. The van der Waals surface area contributed by atoms with E-state index in [4.69, 9.17) is 9.47 Å². The molecule has 222 valence electrons. The maximum atomic E-state index is 12.9. The number of epoxide rings is 1. The monoisotopic (exact) mass is 551 g/mol. The summed E-state index contributed by atoms with van der Waals surface area (Å²) in [5.41, 5.74) is -1.67. The second-order valence-corrected chi connectivity index (χ2v) is 11.8. The lowest BCUT2D eigenvalue weighted by molar-refractivity contribution is -0.156. The van der Waals surface area contributed by atoms with Crippen molar-refractivity contribution in [3.63, 3.8) is 0 Å². The largest absolute Gasteiger partial charge is 0.455 e. The molecule has 4 N–H and O–H groups in total. The molecule has 1 amide bonds. The highest BCUT2D eigenvalue weighted by atomic mass is 16.6. The number of aliphatic hydroxyl groups is 4. The summed E-state index contributed by atoms with van der Waals surface area (Å²) < 4.78 is 11.1. The molecular formula is C30H49NO8. The Morgan fingerprint density at radius 3 is 2.67 bits per heavy atom. The van der Waals surface area contributed by atoms with Gasteiger partial charge in [-0.05, 0) is 52.5 Å². The first-order valence-corrected chi connectivity index (χ1v) is 14.0. The molecule has 1 fully saturated rings. The lowest BCUT2D eigenvalue weighted by Gasteiger charge is -2.33. The lowest BCUT2D eigenvalue weighted by atomic mass is 9.89. The molecule has 0 aliphatic carbocycles. The molecule has 9 nitrogen and oxygen atoms in total. The van der Waals surface area contributed by atoms with E-state index in [1.165, 1.54) is 6.92 Å². The fourth-order valence-electron chi connectivity index (χ4n) is 5.12. The topological polar surface area (TPSA) is 140 Å². The first-order chi connectivity index (χ1) is 18.1. The number of carbonyl (C=O) groups is 2. The predicted octanol–water partition coefficient (Wildman–Crippen LogP) is 2.81. The van der Waals surface area contributed by atoms with Crippen molar-refractivity contribution in [1.82, 2.24) is 4.90 Å². The molecule has 0 radical (unpaired) electrons. The molecule has 39 heavy (non-hydrogen) atoms. The number of hydrogen-bond donors (Lipinski definition) is 4. The minimum absolute atomic E-state index is 0.00630. The van der Waals surface area contributed by atoms with E-state index in [0.717, 1.165) is 5.57 Å². The molecule has 1 saturated heterocycles. The number of esters is 1. The summed E-state index contributed by atoms with van der Waals surface area (Å²) in [4.78, 5) is 26.2. The highest BCUT2D eigenvalue weighted by Gasteiger charge is 2.47. The van der Waals surface area contributed by atoms with Gasteiger partial charge in [0.25, 0.3) is 0 Å². The van der Waals surface area contributed by atoms with Crippen molar-refractivity contribution in [1.29, 1.82) is 0 Å². The van der Waals surface area contributed by atoms with E-state index in [-0.39, 0.29) is 49.3 Å². The molecule has 2 rings (SSSR count). The van der Waals surface area contributed by atoms with E-state index in [1.54, 1.807) is 50.1 Å². The number of amides is 1. The zero-order chi connectivity index (χ0) is 29.5. The van der Waals surface area contributed by atoms with E-state index in [2.05, 4.69) is 0 Å². The van der Waals surface area contributed by atoms with Crippen molar-refractivity contribution < 1.29 is 39.5 Å². The third-order valence-electron chi connectivity index (χ3n) is 7.95. The number of hydrogen-bond acceptors (Lipinski definition) is 8. The van der Waals surface area contributed by atoms with Gasteiger partial charge in [0.1, 0.15) is 11.7 Å². The molecular weight excluding hydrogens is 502 g/mol. The van der Waals surface area contributed by atoms with E-state index >= 15 is 0 Å². The van der Waals surface area contributed by atoms with Gasteiger partial charge in [-0.25, -0.2) is 0 Å². The van der Waals surface area contributed by atoms with Crippen molar-refractivity contribution in [3.8, 4) is 0 Å². The highest BCUT2D eigenvalue weighted by Crippen LogP contribution is 2.37. The van der Waals surface area contributed by atoms with Crippen molar-refractivity contribution >= 4 is 11.9 Å². The van der Waals surface area contributed by atoms with Crippen molar-refractivity contribution in [3.05, 3.63) is 36.0 Å². The molecule has 0 aromatic rings. The van der Waals surface area contributed by atoms with Crippen LogP contribution in [0.5, 0.6) is 0 Å². The van der Waals surface area contributed by atoms with Gasteiger partial charge in [0, 0.05) is 26.3 Å². The number of ether oxygens (including phenoxy) is 2. The van der Waals surface area contributed by atoms with Crippen molar-refractivity contribution in [2.45, 2.75) is 128 Å². The Morgan fingerprint density at radius 2 is 2.05 bits per heavy atom. The minimum Gasteiger partial charge on any atom is -0.455 e. The van der Waals surface area contributed by atoms with Crippen LogP contribution in [0.1, 0.15) is 80.1 Å². The summed E-state index contributed by atoms with van der Waals surface area (Å²) in [6, 6.07) is -0.356. The van der Waals surface area contributed by atoms with Gasteiger partial charge in [-0.1, -0.05) is 43.7 Å². The van der Waals surface area contributed by atoms with Crippen LogP contribution in [0.3, 0.4) is 0 Å². The summed E-state index contributed by atoms with van der Waals surface area (Å²) in [7, 11) is 1.69. The summed E-state index contributed by atoms with van der Waals surface area (Å²) in [6.07, 6.45) is 8.00. The number of aliphatic hydroxyl groups excluding tert-OH is 2. The molecule has 2 aliphatic rings. The molecule has 2 heterocycles. The van der Waals surface area contributed by atoms with E-state index in [0.29, 0.717) is 19.3 Å². The van der Waals surface area contributed by atoms with Crippen LogP contribution in [0.25, 0.3) is 0 Å². The summed E-state index contributed by atoms with van der Waals surface area (Å²) in [5.74, 6) is -0.734. The van der Waals surface area contributed by atoms with Crippen molar-refractivity contribution in [2.24, 2.45) is 5.92 Å². The Hall–Kier alpha value is -2.04. The molecule has 0 aromatic carbocycles. The SMILES string of the molecule is CCC(O)C(C)C1OC1CC(C)(O)/C=C/C=C(\C)C1C/C=C/C(OC(C)=O)C(C)(O)CCC(O)CC(=O)N1C. The van der Waals surface area contributed by atoms with Gasteiger partial charge in [0.05, 0.1) is 42.5 Å². The average molecular weight is 552 g/mol. The molecule has 9 atom stereocenters. The Morgan fingerprint density at radius 1 is 1.38 bits per heavy atom. The van der Waals surface area contributed by atoms with Crippen LogP contribution in [0.4, 0.5) is 0 Å². The molecule has 9 heteroatoms. The Balaban J connectivity index is 2.17. The van der Waals surface area contributed by atoms with E-state index < -0.39 is 35.5 Å². The quantitative estimate of drug-likeness (QED) is 0.148. The van der Waals surface area contributed by atoms with Crippen LogP contribution in [-0.4, -0.2) is 92.0 Å². The molecule has 0 bridgehead atoms. The second kappa shape index (κ2) is 14.0. The van der Waals surface area contributed by atoms with Gasteiger partial charge >= 0.3 is 5.97 Å². The predicted molar refractivity (Wildman–Crippen MR) is 149 cm³/mol. The smallest absolute Gasteiger partial charge is 0.303 e. The number of carbonyl (C=O) groups excluding carboxylic acids is 2. The van der Waals surface area contributed by atoms with Gasteiger partial charge in [0.2, 0.25) is 5.91 Å². The fourth-order valence-corrected chi connectivity index (χ4v) is 5.12. The van der Waals surface area contributed by atoms with Crippen LogP contribution >= 0.6 is 0 Å². The minimum atomic E-state index is -1.40. The molecule has 0 aromatic heterocycles. The van der Waals surface area contributed by atoms with Crippen LogP contribution in [-0.2, 0) is 19.1 Å². The summed E-state index contributed by atoms with van der Waals surface area (Å²) in [6.45, 7) is 10.3. The van der Waals surface area contributed by atoms with Crippen LogP contribution in [0.15, 0.2) is 36.0 Å². The third-order valence-corrected chi connectivity index (χ3v) is 7.95. The number of allylic oxidation sites excluding steroid dienone is 2. The maximum absolute atomic E-state index is 12.9. The molecule has 9 unspecified atom stereocenters. The highest BCUT2D eigenvalue weighted by molar-refractivity contribution is 5.77. The Kier molecular flexibility index (Phi) is 11.9. The average Bonchev–Trinajstić information content (AvgIpc) is 3.60. The van der Waals surface area contributed by atoms with Crippen LogP contribution < -0.4 is 0 Å². The number of likely N-dealkylation sites (N-methyl/N-ethyl adjacent to an activating group) is 1. The van der Waals surface area contributed by atoms with Crippen LogP contribution in [0.2, 0.25) is 0 Å². The van der Waals surface area contributed by atoms with Crippen molar-refractivity contribution in [2.75, 3.05) is 7.05 Å². The summed E-state index contributed by atoms with van der Waals surface area (Å²) >= 11 is 0.